The number of hydrogen-bond acceptors (Lipinski definition) is 2. The summed E-state index contributed by atoms with van der Waals surface area (Å²) < 4.78 is 0. The normalized spacial score (nSPS) is 30.0. The average Bonchev–Trinajstić information content (AvgIpc) is 2.88. The van der Waals surface area contributed by atoms with Gasteiger partial charge >= 0.3 is 0 Å². The molecule has 2 atom stereocenters. The Morgan fingerprint density at radius 2 is 1.80 bits per heavy atom. The first-order valence-electron chi connectivity index (χ1n) is 9.08. The van der Waals surface area contributed by atoms with Crippen molar-refractivity contribution in [1.82, 2.24) is 10.2 Å². The van der Waals surface area contributed by atoms with Gasteiger partial charge in [-0.15, -0.1) is 0 Å². The van der Waals surface area contributed by atoms with Crippen LogP contribution in [0.1, 0.15) is 71.6 Å². The highest BCUT2D eigenvalue weighted by molar-refractivity contribution is 4.91. The molecule has 2 rings (SSSR count). The van der Waals surface area contributed by atoms with Crippen LogP contribution in [0.5, 0.6) is 0 Å². The molecule has 0 saturated heterocycles. The third kappa shape index (κ3) is 4.21. The lowest BCUT2D eigenvalue weighted by atomic mass is 9.81. The maximum Gasteiger partial charge on any atom is 0.0118 e. The summed E-state index contributed by atoms with van der Waals surface area (Å²) in [6.07, 6.45) is 12.8. The molecule has 0 amide bonds. The molecular formula is C18H36N2. The Morgan fingerprint density at radius 1 is 1.10 bits per heavy atom. The van der Waals surface area contributed by atoms with Crippen molar-refractivity contribution in [2.24, 2.45) is 11.3 Å². The zero-order chi connectivity index (χ0) is 14.4. The van der Waals surface area contributed by atoms with Crippen LogP contribution in [-0.4, -0.2) is 37.6 Å². The van der Waals surface area contributed by atoms with Crippen LogP contribution >= 0.6 is 0 Å². The quantitative estimate of drug-likeness (QED) is 0.708. The summed E-state index contributed by atoms with van der Waals surface area (Å²) in [4.78, 5) is 2.72. The molecule has 2 saturated carbocycles. The molecule has 2 aliphatic rings. The minimum atomic E-state index is 0.571. The molecule has 0 heterocycles. The number of hydrogen-bond donors (Lipinski definition) is 1. The van der Waals surface area contributed by atoms with Crippen molar-refractivity contribution >= 4 is 0 Å². The van der Waals surface area contributed by atoms with Crippen LogP contribution in [0.2, 0.25) is 0 Å². The highest BCUT2D eigenvalue weighted by atomic mass is 15.1. The molecule has 118 valence electrons. The second kappa shape index (κ2) is 7.79. The van der Waals surface area contributed by atoms with Crippen molar-refractivity contribution in [3.05, 3.63) is 0 Å². The molecule has 2 aliphatic carbocycles. The molecule has 2 heteroatoms. The van der Waals surface area contributed by atoms with Crippen LogP contribution in [0, 0.1) is 11.3 Å². The highest BCUT2D eigenvalue weighted by Crippen LogP contribution is 2.39. The SMILES string of the molecule is CCCNCC1(CN(C)C2CCCCC2C)CCCC1. The standard InChI is InChI=1S/C18H36N2/c1-4-13-19-14-18(11-7-8-12-18)15-20(3)17-10-6-5-9-16(17)2/h16-17,19H,4-15H2,1-3H3. The first-order valence-corrected chi connectivity index (χ1v) is 9.08. The summed E-state index contributed by atoms with van der Waals surface area (Å²) in [6, 6.07) is 0.840. The van der Waals surface area contributed by atoms with Crippen LogP contribution in [-0.2, 0) is 0 Å². The first kappa shape index (κ1) is 16.3. The number of nitrogens with zero attached hydrogens (tertiary/aromatic N) is 1. The lowest BCUT2D eigenvalue weighted by Gasteiger charge is -2.41. The van der Waals surface area contributed by atoms with Gasteiger partial charge in [-0.3, -0.25) is 0 Å². The predicted octanol–water partition coefficient (Wildman–Crippen LogP) is 4.06. The van der Waals surface area contributed by atoms with Crippen molar-refractivity contribution in [1.29, 1.82) is 0 Å². The predicted molar refractivity (Wildman–Crippen MR) is 88.1 cm³/mol. The van der Waals surface area contributed by atoms with Crippen molar-refractivity contribution in [2.45, 2.75) is 77.7 Å². The number of rotatable bonds is 7. The van der Waals surface area contributed by atoms with E-state index in [2.05, 4.69) is 31.1 Å². The van der Waals surface area contributed by atoms with Crippen LogP contribution < -0.4 is 5.32 Å². The van der Waals surface area contributed by atoms with E-state index in [1.807, 2.05) is 0 Å². The fourth-order valence-electron chi connectivity index (χ4n) is 4.64. The third-order valence-electron chi connectivity index (χ3n) is 5.81. The van der Waals surface area contributed by atoms with Gasteiger partial charge in [0.05, 0.1) is 0 Å². The maximum atomic E-state index is 3.71. The largest absolute Gasteiger partial charge is 0.316 e. The average molecular weight is 280 g/mol. The minimum absolute atomic E-state index is 0.571. The van der Waals surface area contributed by atoms with E-state index in [9.17, 15) is 0 Å². The smallest absolute Gasteiger partial charge is 0.0118 e. The maximum absolute atomic E-state index is 3.71. The van der Waals surface area contributed by atoms with Gasteiger partial charge in [-0.05, 0) is 57.0 Å². The van der Waals surface area contributed by atoms with E-state index in [-0.39, 0.29) is 0 Å². The van der Waals surface area contributed by atoms with Gasteiger partial charge in [0.2, 0.25) is 0 Å². The zero-order valence-corrected chi connectivity index (χ0v) is 14.1. The minimum Gasteiger partial charge on any atom is -0.316 e. The van der Waals surface area contributed by atoms with Crippen LogP contribution in [0.25, 0.3) is 0 Å². The number of nitrogens with one attached hydrogen (secondary N) is 1. The van der Waals surface area contributed by atoms with Crippen LogP contribution in [0.15, 0.2) is 0 Å². The lowest BCUT2D eigenvalue weighted by Crippen LogP contribution is -2.47. The summed E-state index contributed by atoms with van der Waals surface area (Å²) in [6.45, 7) is 8.48. The molecule has 0 spiro atoms. The van der Waals surface area contributed by atoms with E-state index in [0.717, 1.165) is 12.0 Å². The summed E-state index contributed by atoms with van der Waals surface area (Å²) in [5, 5.41) is 3.71. The van der Waals surface area contributed by atoms with Gasteiger partial charge in [0.25, 0.3) is 0 Å². The van der Waals surface area contributed by atoms with Crippen LogP contribution in [0.4, 0.5) is 0 Å². The Hall–Kier alpha value is -0.0800. The van der Waals surface area contributed by atoms with Crippen molar-refractivity contribution in [3.8, 4) is 0 Å². The third-order valence-corrected chi connectivity index (χ3v) is 5.81. The van der Waals surface area contributed by atoms with E-state index in [0.29, 0.717) is 5.41 Å². The molecule has 0 aromatic heterocycles. The summed E-state index contributed by atoms with van der Waals surface area (Å²) >= 11 is 0. The molecule has 20 heavy (non-hydrogen) atoms. The lowest BCUT2D eigenvalue weighted by molar-refractivity contribution is 0.0843. The van der Waals surface area contributed by atoms with E-state index >= 15 is 0 Å². The van der Waals surface area contributed by atoms with Crippen molar-refractivity contribution in [3.63, 3.8) is 0 Å². The second-order valence-corrected chi connectivity index (χ2v) is 7.63. The molecule has 0 aromatic rings. The molecule has 1 N–H and O–H groups in total. The zero-order valence-electron chi connectivity index (χ0n) is 14.1. The molecule has 0 aromatic carbocycles. The molecule has 0 radical (unpaired) electrons. The molecule has 2 nitrogen and oxygen atoms in total. The van der Waals surface area contributed by atoms with E-state index in [4.69, 9.17) is 0 Å². The first-order chi connectivity index (χ1) is 9.67. The van der Waals surface area contributed by atoms with Gasteiger partial charge in [-0.25, -0.2) is 0 Å². The van der Waals surface area contributed by atoms with Gasteiger partial charge < -0.3 is 10.2 Å². The second-order valence-electron chi connectivity index (χ2n) is 7.63. The summed E-state index contributed by atoms with van der Waals surface area (Å²) in [5.74, 6) is 0.899. The highest BCUT2D eigenvalue weighted by Gasteiger charge is 2.37. The Labute approximate surface area is 126 Å². The Kier molecular flexibility index (Phi) is 6.35. The summed E-state index contributed by atoms with van der Waals surface area (Å²) in [7, 11) is 2.40. The van der Waals surface area contributed by atoms with E-state index in [1.54, 1.807) is 0 Å². The Morgan fingerprint density at radius 3 is 2.45 bits per heavy atom. The van der Waals surface area contributed by atoms with E-state index in [1.165, 1.54) is 77.4 Å². The van der Waals surface area contributed by atoms with Crippen molar-refractivity contribution in [2.75, 3.05) is 26.7 Å². The summed E-state index contributed by atoms with van der Waals surface area (Å²) in [5.41, 5.74) is 0.571. The van der Waals surface area contributed by atoms with Gasteiger partial charge in [0.1, 0.15) is 0 Å². The Bertz CT molecular complexity index is 271. The van der Waals surface area contributed by atoms with Crippen LogP contribution in [0.3, 0.4) is 0 Å². The van der Waals surface area contributed by atoms with Gasteiger partial charge in [0, 0.05) is 19.1 Å². The van der Waals surface area contributed by atoms with Gasteiger partial charge in [-0.2, -0.15) is 0 Å². The Balaban J connectivity index is 1.89. The monoisotopic (exact) mass is 280 g/mol. The van der Waals surface area contributed by atoms with E-state index < -0.39 is 0 Å². The molecule has 0 aliphatic heterocycles. The fourth-order valence-corrected chi connectivity index (χ4v) is 4.64. The molecule has 2 fully saturated rings. The molecule has 0 bridgehead atoms. The molecule has 2 unspecified atom stereocenters. The topological polar surface area (TPSA) is 15.3 Å². The fraction of sp³-hybridized carbons (Fsp3) is 1.00. The van der Waals surface area contributed by atoms with Crippen molar-refractivity contribution < 1.29 is 0 Å². The molecular weight excluding hydrogens is 244 g/mol. The van der Waals surface area contributed by atoms with Gasteiger partial charge in [0.15, 0.2) is 0 Å². The van der Waals surface area contributed by atoms with Gasteiger partial charge in [-0.1, -0.05) is 39.5 Å².